The maximum Gasteiger partial charge on any atom is 0.108 e. The van der Waals surface area contributed by atoms with Crippen LogP contribution in [0.2, 0.25) is 0 Å². The lowest BCUT2D eigenvalue weighted by Gasteiger charge is -2.43. The number of nitrogens with zero attached hydrogens (tertiary/aromatic N) is 3. The maximum absolute atomic E-state index is 9.14. The van der Waals surface area contributed by atoms with Gasteiger partial charge in [0.25, 0.3) is 0 Å². The van der Waals surface area contributed by atoms with Crippen molar-refractivity contribution >= 4 is 0 Å². The molecular formula is C13H26N4. The largest absolute Gasteiger partial charge is 0.299 e. The lowest BCUT2D eigenvalue weighted by molar-refractivity contribution is 0.0570. The Labute approximate surface area is 106 Å². The molecular weight excluding hydrogens is 212 g/mol. The molecule has 1 aliphatic rings. The van der Waals surface area contributed by atoms with Gasteiger partial charge in [0.1, 0.15) is 6.04 Å². The number of nitrogens with one attached hydrogen (secondary N) is 1. The van der Waals surface area contributed by atoms with E-state index in [-0.39, 0.29) is 6.04 Å². The number of piperazine rings is 1. The summed E-state index contributed by atoms with van der Waals surface area (Å²) in [6, 6.07) is 3.79. The van der Waals surface area contributed by atoms with Crippen molar-refractivity contribution in [2.75, 3.05) is 26.7 Å². The molecule has 0 aliphatic carbocycles. The van der Waals surface area contributed by atoms with E-state index < -0.39 is 0 Å². The molecule has 0 spiro atoms. The van der Waals surface area contributed by atoms with Crippen molar-refractivity contribution in [3.05, 3.63) is 0 Å². The second-order valence-electron chi connectivity index (χ2n) is 5.59. The van der Waals surface area contributed by atoms with Gasteiger partial charge >= 0.3 is 0 Å². The van der Waals surface area contributed by atoms with Gasteiger partial charge in [0.2, 0.25) is 0 Å². The predicted octanol–water partition coefficient (Wildman–Crippen LogP) is 0.901. The summed E-state index contributed by atoms with van der Waals surface area (Å²) in [5.74, 6) is 0. The Bertz CT molecular complexity index is 259. The summed E-state index contributed by atoms with van der Waals surface area (Å²) in [6.07, 6.45) is 0. The molecule has 0 radical (unpaired) electrons. The minimum absolute atomic E-state index is 0.0576. The Morgan fingerprint density at radius 1 is 1.29 bits per heavy atom. The molecule has 0 amide bonds. The number of rotatable bonds is 4. The molecule has 1 N–H and O–H groups in total. The van der Waals surface area contributed by atoms with E-state index in [1.165, 1.54) is 0 Å². The zero-order valence-corrected chi connectivity index (χ0v) is 11.8. The van der Waals surface area contributed by atoms with Gasteiger partial charge in [0, 0.05) is 37.8 Å². The van der Waals surface area contributed by atoms with Crippen LogP contribution in [0.15, 0.2) is 0 Å². The van der Waals surface area contributed by atoms with Crippen molar-refractivity contribution in [2.45, 2.75) is 51.9 Å². The Kier molecular flexibility index (Phi) is 5.38. The van der Waals surface area contributed by atoms with Crippen molar-refractivity contribution in [3.63, 3.8) is 0 Å². The summed E-state index contributed by atoms with van der Waals surface area (Å²) in [5, 5.41) is 12.4. The smallest absolute Gasteiger partial charge is 0.108 e. The first-order chi connectivity index (χ1) is 7.93. The Morgan fingerprint density at radius 3 is 2.24 bits per heavy atom. The Morgan fingerprint density at radius 2 is 1.82 bits per heavy atom. The van der Waals surface area contributed by atoms with Gasteiger partial charge < -0.3 is 0 Å². The molecule has 4 nitrogen and oxygen atoms in total. The molecule has 4 heteroatoms. The SMILES string of the molecule is CC(C)NC(C#N)CN1CC(C)N(C)C(C)C1. The van der Waals surface area contributed by atoms with E-state index in [1.807, 2.05) is 0 Å². The van der Waals surface area contributed by atoms with Gasteiger partial charge in [0.15, 0.2) is 0 Å². The highest BCUT2D eigenvalue weighted by molar-refractivity contribution is 4.95. The molecule has 1 rings (SSSR count). The van der Waals surface area contributed by atoms with Crippen LogP contribution in [0.5, 0.6) is 0 Å². The summed E-state index contributed by atoms with van der Waals surface area (Å²) in [4.78, 5) is 4.81. The van der Waals surface area contributed by atoms with Crippen LogP contribution in [0, 0.1) is 11.3 Å². The molecule has 0 aromatic rings. The molecule has 98 valence electrons. The minimum Gasteiger partial charge on any atom is -0.299 e. The van der Waals surface area contributed by atoms with E-state index in [0.29, 0.717) is 18.1 Å². The van der Waals surface area contributed by atoms with Crippen molar-refractivity contribution in [3.8, 4) is 6.07 Å². The first kappa shape index (κ1) is 14.4. The van der Waals surface area contributed by atoms with Gasteiger partial charge in [-0.1, -0.05) is 0 Å². The topological polar surface area (TPSA) is 42.3 Å². The van der Waals surface area contributed by atoms with Crippen LogP contribution in [-0.2, 0) is 0 Å². The van der Waals surface area contributed by atoms with Gasteiger partial charge in [0.05, 0.1) is 6.07 Å². The monoisotopic (exact) mass is 238 g/mol. The van der Waals surface area contributed by atoms with Crippen LogP contribution in [0.4, 0.5) is 0 Å². The van der Waals surface area contributed by atoms with Crippen LogP contribution in [0.25, 0.3) is 0 Å². The fraction of sp³-hybridized carbons (Fsp3) is 0.923. The van der Waals surface area contributed by atoms with Crippen LogP contribution >= 0.6 is 0 Å². The zero-order chi connectivity index (χ0) is 13.0. The van der Waals surface area contributed by atoms with Gasteiger partial charge in [-0.3, -0.25) is 15.1 Å². The van der Waals surface area contributed by atoms with Crippen molar-refractivity contribution in [1.82, 2.24) is 15.1 Å². The molecule has 3 unspecified atom stereocenters. The van der Waals surface area contributed by atoms with E-state index in [4.69, 9.17) is 5.26 Å². The van der Waals surface area contributed by atoms with E-state index in [9.17, 15) is 0 Å². The molecule has 0 aromatic carbocycles. The summed E-state index contributed by atoms with van der Waals surface area (Å²) >= 11 is 0. The maximum atomic E-state index is 9.14. The van der Waals surface area contributed by atoms with Crippen LogP contribution < -0.4 is 5.32 Å². The first-order valence-electron chi connectivity index (χ1n) is 6.54. The Hall–Kier alpha value is -0.630. The van der Waals surface area contributed by atoms with Gasteiger partial charge in [-0.25, -0.2) is 0 Å². The molecule has 0 bridgehead atoms. The average molecular weight is 238 g/mol. The number of likely N-dealkylation sites (N-methyl/N-ethyl adjacent to an activating group) is 1. The quantitative estimate of drug-likeness (QED) is 0.790. The first-order valence-corrected chi connectivity index (χ1v) is 6.54. The fourth-order valence-electron chi connectivity index (χ4n) is 2.45. The molecule has 1 fully saturated rings. The second kappa shape index (κ2) is 6.34. The number of nitriles is 1. The van der Waals surface area contributed by atoms with Crippen LogP contribution in [-0.4, -0.2) is 60.6 Å². The molecule has 0 aromatic heterocycles. The van der Waals surface area contributed by atoms with Crippen molar-refractivity contribution in [1.29, 1.82) is 5.26 Å². The molecule has 0 saturated carbocycles. The van der Waals surface area contributed by atoms with Gasteiger partial charge in [-0.15, -0.1) is 0 Å². The third kappa shape index (κ3) is 4.27. The lowest BCUT2D eigenvalue weighted by atomic mass is 10.1. The Balaban J connectivity index is 2.48. The highest BCUT2D eigenvalue weighted by atomic mass is 15.3. The van der Waals surface area contributed by atoms with Crippen molar-refractivity contribution < 1.29 is 0 Å². The minimum atomic E-state index is -0.0576. The third-order valence-corrected chi connectivity index (χ3v) is 3.57. The second-order valence-corrected chi connectivity index (χ2v) is 5.59. The zero-order valence-electron chi connectivity index (χ0n) is 11.8. The van der Waals surface area contributed by atoms with E-state index in [0.717, 1.165) is 19.6 Å². The molecule has 3 atom stereocenters. The fourth-order valence-corrected chi connectivity index (χ4v) is 2.45. The van der Waals surface area contributed by atoms with Crippen LogP contribution in [0.1, 0.15) is 27.7 Å². The normalized spacial score (nSPS) is 29.2. The number of hydrogen-bond donors (Lipinski definition) is 1. The van der Waals surface area contributed by atoms with E-state index in [1.54, 1.807) is 0 Å². The van der Waals surface area contributed by atoms with E-state index >= 15 is 0 Å². The summed E-state index contributed by atoms with van der Waals surface area (Å²) < 4.78 is 0. The highest BCUT2D eigenvalue weighted by Crippen LogP contribution is 2.13. The molecule has 1 saturated heterocycles. The summed E-state index contributed by atoms with van der Waals surface area (Å²) in [7, 11) is 2.18. The summed E-state index contributed by atoms with van der Waals surface area (Å²) in [6.45, 7) is 11.6. The molecule has 17 heavy (non-hydrogen) atoms. The van der Waals surface area contributed by atoms with Gasteiger partial charge in [-0.05, 0) is 34.7 Å². The lowest BCUT2D eigenvalue weighted by Crippen LogP contribution is -2.57. The standard InChI is InChI=1S/C13H26N4/c1-10(2)15-13(6-14)9-17-7-11(3)16(5)12(4)8-17/h10-13,15H,7-9H2,1-5H3. The highest BCUT2D eigenvalue weighted by Gasteiger charge is 2.27. The van der Waals surface area contributed by atoms with Gasteiger partial charge in [-0.2, -0.15) is 5.26 Å². The van der Waals surface area contributed by atoms with Crippen LogP contribution in [0.3, 0.4) is 0 Å². The third-order valence-electron chi connectivity index (χ3n) is 3.57. The average Bonchev–Trinajstić information content (AvgIpc) is 2.24. The van der Waals surface area contributed by atoms with E-state index in [2.05, 4.69) is 55.9 Å². The molecule has 1 aliphatic heterocycles. The number of hydrogen-bond acceptors (Lipinski definition) is 4. The predicted molar refractivity (Wildman–Crippen MR) is 70.8 cm³/mol. The van der Waals surface area contributed by atoms with Crippen molar-refractivity contribution in [2.24, 2.45) is 0 Å². The summed E-state index contributed by atoms with van der Waals surface area (Å²) in [5.41, 5.74) is 0. The molecule has 1 heterocycles.